The molecule has 1 N–H and O–H groups in total. The van der Waals surface area contributed by atoms with Crippen LogP contribution in [0.5, 0.6) is 0 Å². The Hall–Kier alpha value is -0.960. The van der Waals surface area contributed by atoms with Gasteiger partial charge in [-0.15, -0.1) is 0 Å². The lowest BCUT2D eigenvalue weighted by atomic mass is 10.0. The van der Waals surface area contributed by atoms with Crippen molar-refractivity contribution in [2.45, 2.75) is 32.3 Å². The third kappa shape index (κ3) is 3.07. The fourth-order valence-corrected chi connectivity index (χ4v) is 1.39. The zero-order valence-electron chi connectivity index (χ0n) is 8.13. The molecule has 0 saturated carbocycles. The van der Waals surface area contributed by atoms with Gasteiger partial charge in [-0.1, -0.05) is 13.3 Å². The van der Waals surface area contributed by atoms with Gasteiger partial charge in [-0.25, -0.2) is 8.78 Å². The van der Waals surface area contributed by atoms with Gasteiger partial charge in [0.15, 0.2) is 0 Å². The van der Waals surface area contributed by atoms with Crippen molar-refractivity contribution in [3.8, 4) is 0 Å². The molecule has 0 unspecified atom stereocenters. The van der Waals surface area contributed by atoms with Crippen LogP contribution < -0.4 is 0 Å². The molecule has 1 aromatic carbocycles. The van der Waals surface area contributed by atoms with E-state index >= 15 is 0 Å². The largest absolute Gasteiger partial charge is 0.393 e. The first-order chi connectivity index (χ1) is 6.63. The highest BCUT2D eigenvalue weighted by molar-refractivity contribution is 5.19. The van der Waals surface area contributed by atoms with Crippen LogP contribution in [0.2, 0.25) is 0 Å². The van der Waals surface area contributed by atoms with E-state index in [-0.39, 0.29) is 12.0 Å². The Bertz CT molecular complexity index is 299. The van der Waals surface area contributed by atoms with Gasteiger partial charge >= 0.3 is 0 Å². The molecule has 0 aliphatic carbocycles. The van der Waals surface area contributed by atoms with E-state index < -0.39 is 17.7 Å². The van der Waals surface area contributed by atoms with Crippen molar-refractivity contribution in [2.75, 3.05) is 0 Å². The third-order valence-electron chi connectivity index (χ3n) is 2.09. The van der Waals surface area contributed by atoms with E-state index in [0.717, 1.165) is 24.6 Å². The summed E-state index contributed by atoms with van der Waals surface area (Å²) in [6, 6.07) is 3.29. The Kier molecular flexibility index (Phi) is 4.01. The van der Waals surface area contributed by atoms with Crippen molar-refractivity contribution in [1.82, 2.24) is 0 Å². The number of hydrogen-bond donors (Lipinski definition) is 1. The second kappa shape index (κ2) is 5.05. The van der Waals surface area contributed by atoms with Crippen molar-refractivity contribution in [3.05, 3.63) is 35.4 Å². The summed E-state index contributed by atoms with van der Waals surface area (Å²) in [5.74, 6) is -0.924. The van der Waals surface area contributed by atoms with Gasteiger partial charge in [-0.2, -0.15) is 0 Å². The molecule has 1 rings (SSSR count). The van der Waals surface area contributed by atoms with Crippen molar-refractivity contribution >= 4 is 0 Å². The number of aliphatic hydroxyl groups excluding tert-OH is 1. The number of benzene rings is 1. The smallest absolute Gasteiger partial charge is 0.126 e. The second-order valence-corrected chi connectivity index (χ2v) is 3.38. The van der Waals surface area contributed by atoms with Gasteiger partial charge in [0, 0.05) is 6.42 Å². The highest BCUT2D eigenvalue weighted by atomic mass is 19.1. The molecule has 0 aliphatic rings. The molecule has 3 heteroatoms. The Balaban J connectivity index is 2.70. The van der Waals surface area contributed by atoms with Crippen molar-refractivity contribution in [2.24, 2.45) is 0 Å². The zero-order chi connectivity index (χ0) is 10.6. The molecule has 0 amide bonds. The van der Waals surface area contributed by atoms with E-state index in [1.165, 1.54) is 0 Å². The van der Waals surface area contributed by atoms with Gasteiger partial charge in [-0.3, -0.25) is 0 Å². The Morgan fingerprint density at radius 2 is 2.07 bits per heavy atom. The van der Waals surface area contributed by atoms with Crippen molar-refractivity contribution in [1.29, 1.82) is 0 Å². The molecule has 0 fully saturated rings. The molecule has 0 aromatic heterocycles. The summed E-state index contributed by atoms with van der Waals surface area (Å²) in [7, 11) is 0. The molecule has 1 atom stereocenters. The van der Waals surface area contributed by atoms with Crippen LogP contribution >= 0.6 is 0 Å². The lowest BCUT2D eigenvalue weighted by Gasteiger charge is -2.09. The first kappa shape index (κ1) is 11.1. The zero-order valence-corrected chi connectivity index (χ0v) is 8.13. The molecule has 0 spiro atoms. The maximum atomic E-state index is 13.1. The SMILES string of the molecule is CCC[C@H](O)Cc1cc(F)ccc1F. The number of hydrogen-bond acceptors (Lipinski definition) is 1. The lowest BCUT2D eigenvalue weighted by Crippen LogP contribution is -2.11. The number of rotatable bonds is 4. The summed E-state index contributed by atoms with van der Waals surface area (Å²) in [6.45, 7) is 1.94. The number of aliphatic hydroxyl groups is 1. The van der Waals surface area contributed by atoms with Gasteiger partial charge in [-0.05, 0) is 30.2 Å². The van der Waals surface area contributed by atoms with Crippen LogP contribution in [-0.4, -0.2) is 11.2 Å². The van der Waals surface area contributed by atoms with Crippen LogP contribution in [0.25, 0.3) is 0 Å². The van der Waals surface area contributed by atoms with E-state index in [1.807, 2.05) is 6.92 Å². The minimum Gasteiger partial charge on any atom is -0.393 e. The molecule has 0 bridgehead atoms. The molecular weight excluding hydrogens is 186 g/mol. The summed E-state index contributed by atoms with van der Waals surface area (Å²) in [5.41, 5.74) is 0.242. The van der Waals surface area contributed by atoms with Crippen LogP contribution in [0.3, 0.4) is 0 Å². The van der Waals surface area contributed by atoms with E-state index in [2.05, 4.69) is 0 Å². The molecule has 0 heterocycles. The molecule has 1 nitrogen and oxygen atoms in total. The van der Waals surface area contributed by atoms with E-state index in [4.69, 9.17) is 0 Å². The van der Waals surface area contributed by atoms with Gasteiger partial charge in [0.25, 0.3) is 0 Å². The van der Waals surface area contributed by atoms with Crippen LogP contribution in [0.15, 0.2) is 18.2 Å². The minimum atomic E-state index is -0.587. The number of halogens is 2. The summed E-state index contributed by atoms with van der Waals surface area (Å²) in [6.07, 6.45) is 1.03. The predicted octanol–water partition coefficient (Wildman–Crippen LogP) is 2.67. The molecular formula is C11H14F2O. The standard InChI is InChI=1S/C11H14F2O/c1-2-3-10(14)7-8-6-9(12)4-5-11(8)13/h4-6,10,14H,2-3,7H2,1H3/t10-/m0/s1. The Morgan fingerprint density at radius 3 is 2.71 bits per heavy atom. The molecule has 1 aromatic rings. The highest BCUT2D eigenvalue weighted by Crippen LogP contribution is 2.13. The van der Waals surface area contributed by atoms with Gasteiger partial charge in [0.05, 0.1) is 6.10 Å². The summed E-state index contributed by atoms with van der Waals surface area (Å²) < 4.78 is 25.8. The maximum absolute atomic E-state index is 13.1. The van der Waals surface area contributed by atoms with Crippen LogP contribution in [0.4, 0.5) is 8.78 Å². The topological polar surface area (TPSA) is 20.2 Å². The van der Waals surface area contributed by atoms with Gasteiger partial charge < -0.3 is 5.11 Å². The van der Waals surface area contributed by atoms with Crippen LogP contribution in [0.1, 0.15) is 25.3 Å². The first-order valence-corrected chi connectivity index (χ1v) is 4.75. The fourth-order valence-electron chi connectivity index (χ4n) is 1.39. The predicted molar refractivity (Wildman–Crippen MR) is 51.0 cm³/mol. The third-order valence-corrected chi connectivity index (χ3v) is 2.09. The summed E-state index contributed by atoms with van der Waals surface area (Å²) >= 11 is 0. The first-order valence-electron chi connectivity index (χ1n) is 4.75. The van der Waals surface area contributed by atoms with Crippen LogP contribution in [0, 0.1) is 11.6 Å². The van der Waals surface area contributed by atoms with Crippen molar-refractivity contribution in [3.63, 3.8) is 0 Å². The van der Waals surface area contributed by atoms with Gasteiger partial charge in [0.1, 0.15) is 11.6 Å². The van der Waals surface area contributed by atoms with E-state index in [9.17, 15) is 13.9 Å². The summed E-state index contributed by atoms with van der Waals surface area (Å²) in [4.78, 5) is 0. The molecule has 14 heavy (non-hydrogen) atoms. The average molecular weight is 200 g/mol. The Morgan fingerprint density at radius 1 is 1.36 bits per heavy atom. The normalized spacial score (nSPS) is 12.9. The molecule has 0 saturated heterocycles. The van der Waals surface area contributed by atoms with Gasteiger partial charge in [0.2, 0.25) is 0 Å². The quantitative estimate of drug-likeness (QED) is 0.792. The van der Waals surface area contributed by atoms with Crippen molar-refractivity contribution < 1.29 is 13.9 Å². The second-order valence-electron chi connectivity index (χ2n) is 3.38. The lowest BCUT2D eigenvalue weighted by molar-refractivity contribution is 0.162. The van der Waals surface area contributed by atoms with Crippen LogP contribution in [-0.2, 0) is 6.42 Å². The Labute approximate surface area is 82.4 Å². The fraction of sp³-hybridized carbons (Fsp3) is 0.455. The maximum Gasteiger partial charge on any atom is 0.126 e. The monoisotopic (exact) mass is 200 g/mol. The highest BCUT2D eigenvalue weighted by Gasteiger charge is 2.09. The average Bonchev–Trinajstić information content (AvgIpc) is 2.12. The van der Waals surface area contributed by atoms with E-state index in [1.54, 1.807) is 0 Å². The molecule has 0 aliphatic heterocycles. The summed E-state index contributed by atoms with van der Waals surface area (Å²) in [5, 5.41) is 9.43. The minimum absolute atomic E-state index is 0.178. The molecule has 0 radical (unpaired) electrons. The van der Waals surface area contributed by atoms with E-state index in [0.29, 0.717) is 6.42 Å². The molecule has 78 valence electrons.